The number of carboxylic acids is 1. The summed E-state index contributed by atoms with van der Waals surface area (Å²) in [5.41, 5.74) is 1.46. The standard InChI is InChI=1S/C11H18F3N3O4/c1-6(2)4-17(5-7(15)18)9(21)16-10(3,8(19)20)11(12,13)14/h6H,4-5H2,1-3H3,(H2,15,18)(H,16,21)(H,19,20). The highest BCUT2D eigenvalue weighted by Crippen LogP contribution is 2.30. The lowest BCUT2D eigenvalue weighted by atomic mass is 10.0. The van der Waals surface area contributed by atoms with Crippen LogP contribution < -0.4 is 11.1 Å². The van der Waals surface area contributed by atoms with Gasteiger partial charge in [0.25, 0.3) is 0 Å². The molecule has 10 heteroatoms. The molecule has 0 aromatic heterocycles. The van der Waals surface area contributed by atoms with Crippen LogP contribution in [0.2, 0.25) is 0 Å². The first-order chi connectivity index (χ1) is 9.31. The molecule has 122 valence electrons. The summed E-state index contributed by atoms with van der Waals surface area (Å²) in [6, 6.07) is -1.33. The second-order valence-corrected chi connectivity index (χ2v) is 5.10. The quantitative estimate of drug-likeness (QED) is 0.664. The minimum Gasteiger partial charge on any atom is -0.479 e. The van der Waals surface area contributed by atoms with E-state index in [4.69, 9.17) is 10.8 Å². The molecule has 3 amide bonds. The van der Waals surface area contributed by atoms with Crippen LogP contribution in [0, 0.1) is 5.92 Å². The number of nitrogens with two attached hydrogens (primary N) is 1. The van der Waals surface area contributed by atoms with E-state index in [0.29, 0.717) is 6.92 Å². The molecule has 1 unspecified atom stereocenters. The van der Waals surface area contributed by atoms with Gasteiger partial charge in [-0.05, 0) is 12.8 Å². The maximum atomic E-state index is 12.8. The topological polar surface area (TPSA) is 113 Å². The molecule has 0 aromatic carbocycles. The van der Waals surface area contributed by atoms with E-state index in [1.165, 1.54) is 5.32 Å². The van der Waals surface area contributed by atoms with Crippen molar-refractivity contribution >= 4 is 17.9 Å². The molecule has 0 saturated heterocycles. The van der Waals surface area contributed by atoms with Crippen molar-refractivity contribution in [2.75, 3.05) is 13.1 Å². The Bertz CT molecular complexity index is 425. The summed E-state index contributed by atoms with van der Waals surface area (Å²) in [6.45, 7) is 2.99. The average molecular weight is 313 g/mol. The Hall–Kier alpha value is -2.00. The fourth-order valence-electron chi connectivity index (χ4n) is 1.39. The summed E-state index contributed by atoms with van der Waals surface area (Å²) in [6.07, 6.45) is -5.20. The van der Waals surface area contributed by atoms with E-state index in [2.05, 4.69) is 0 Å². The highest BCUT2D eigenvalue weighted by Gasteiger charge is 2.58. The van der Waals surface area contributed by atoms with Gasteiger partial charge in [0, 0.05) is 6.54 Å². The van der Waals surface area contributed by atoms with Crippen LogP contribution in [0.5, 0.6) is 0 Å². The SMILES string of the molecule is CC(C)CN(CC(N)=O)C(=O)NC(C)(C(=O)O)C(F)(F)F. The fourth-order valence-corrected chi connectivity index (χ4v) is 1.39. The van der Waals surface area contributed by atoms with Crippen molar-refractivity contribution in [3.8, 4) is 0 Å². The number of nitrogens with one attached hydrogen (secondary N) is 1. The van der Waals surface area contributed by atoms with Crippen molar-refractivity contribution in [1.29, 1.82) is 0 Å². The number of hydrogen-bond donors (Lipinski definition) is 3. The number of halogens is 3. The second kappa shape index (κ2) is 6.64. The van der Waals surface area contributed by atoms with Gasteiger partial charge in [0.1, 0.15) is 6.54 Å². The Morgan fingerprint density at radius 3 is 2.05 bits per heavy atom. The van der Waals surface area contributed by atoms with Gasteiger partial charge in [-0.25, -0.2) is 9.59 Å². The summed E-state index contributed by atoms with van der Waals surface area (Å²) in [5.74, 6) is -3.33. The van der Waals surface area contributed by atoms with Crippen molar-refractivity contribution in [2.24, 2.45) is 11.7 Å². The van der Waals surface area contributed by atoms with E-state index in [-0.39, 0.29) is 12.5 Å². The monoisotopic (exact) mass is 313 g/mol. The van der Waals surface area contributed by atoms with Crippen molar-refractivity contribution < 1.29 is 32.7 Å². The van der Waals surface area contributed by atoms with Gasteiger partial charge in [0.05, 0.1) is 0 Å². The van der Waals surface area contributed by atoms with Gasteiger partial charge in [0.15, 0.2) is 0 Å². The smallest absolute Gasteiger partial charge is 0.422 e. The molecule has 0 bridgehead atoms. The largest absolute Gasteiger partial charge is 0.479 e. The number of nitrogens with zero attached hydrogens (tertiary/aromatic N) is 1. The van der Waals surface area contributed by atoms with Crippen LogP contribution in [0.25, 0.3) is 0 Å². The minimum absolute atomic E-state index is 0.0532. The number of rotatable bonds is 6. The van der Waals surface area contributed by atoms with Crippen LogP contribution in [-0.2, 0) is 9.59 Å². The first-order valence-electron chi connectivity index (χ1n) is 5.96. The maximum Gasteiger partial charge on any atom is 0.422 e. The summed E-state index contributed by atoms with van der Waals surface area (Å²) in [7, 11) is 0. The molecule has 0 heterocycles. The predicted molar refractivity (Wildman–Crippen MR) is 66.2 cm³/mol. The molecular formula is C11H18F3N3O4. The maximum absolute atomic E-state index is 12.8. The van der Waals surface area contributed by atoms with E-state index in [0.717, 1.165) is 4.90 Å². The van der Waals surface area contributed by atoms with Gasteiger partial charge >= 0.3 is 18.2 Å². The molecule has 0 fully saturated rings. The zero-order chi connectivity index (χ0) is 17.0. The van der Waals surface area contributed by atoms with Crippen LogP contribution in [0.15, 0.2) is 0 Å². The van der Waals surface area contributed by atoms with E-state index < -0.39 is 36.2 Å². The molecule has 0 radical (unpaired) electrons. The number of amides is 3. The summed E-state index contributed by atoms with van der Waals surface area (Å²) in [4.78, 5) is 34.2. The number of urea groups is 1. The molecule has 1 atom stereocenters. The Labute approximate surface area is 119 Å². The predicted octanol–water partition coefficient (Wildman–Crippen LogP) is 0.545. The Morgan fingerprint density at radius 1 is 1.29 bits per heavy atom. The molecule has 0 aliphatic carbocycles. The van der Waals surface area contributed by atoms with Crippen molar-refractivity contribution in [1.82, 2.24) is 10.2 Å². The van der Waals surface area contributed by atoms with E-state index >= 15 is 0 Å². The highest BCUT2D eigenvalue weighted by atomic mass is 19.4. The molecule has 0 aromatic rings. The molecular weight excluding hydrogens is 295 g/mol. The third-order valence-corrected chi connectivity index (χ3v) is 2.57. The van der Waals surface area contributed by atoms with Crippen molar-refractivity contribution in [3.05, 3.63) is 0 Å². The van der Waals surface area contributed by atoms with Gasteiger partial charge in [-0.3, -0.25) is 4.79 Å². The van der Waals surface area contributed by atoms with E-state index in [1.807, 2.05) is 0 Å². The normalized spacial score (nSPS) is 14.4. The number of primary amides is 1. The number of hydrogen-bond acceptors (Lipinski definition) is 3. The van der Waals surface area contributed by atoms with Gasteiger partial charge in [0.2, 0.25) is 11.4 Å². The summed E-state index contributed by atoms with van der Waals surface area (Å²) >= 11 is 0. The van der Waals surface area contributed by atoms with Gasteiger partial charge in [-0.2, -0.15) is 13.2 Å². The van der Waals surface area contributed by atoms with Gasteiger partial charge in [-0.1, -0.05) is 13.8 Å². The van der Waals surface area contributed by atoms with E-state index in [9.17, 15) is 27.6 Å². The summed E-state index contributed by atoms with van der Waals surface area (Å²) < 4.78 is 38.4. The molecule has 21 heavy (non-hydrogen) atoms. The van der Waals surface area contributed by atoms with Gasteiger partial charge in [-0.15, -0.1) is 0 Å². The lowest BCUT2D eigenvalue weighted by Crippen LogP contribution is -2.64. The zero-order valence-corrected chi connectivity index (χ0v) is 11.8. The molecule has 0 rings (SSSR count). The molecule has 4 N–H and O–H groups in total. The minimum atomic E-state index is -5.20. The average Bonchev–Trinajstić information content (AvgIpc) is 2.24. The number of alkyl halides is 3. The fraction of sp³-hybridized carbons (Fsp3) is 0.727. The second-order valence-electron chi connectivity index (χ2n) is 5.10. The summed E-state index contributed by atoms with van der Waals surface area (Å²) in [5, 5.41) is 10.1. The number of carboxylic acid groups (broad SMARTS) is 1. The number of carbonyl (C=O) groups is 3. The highest BCUT2D eigenvalue weighted by molar-refractivity contribution is 5.88. The first-order valence-corrected chi connectivity index (χ1v) is 5.96. The van der Waals surface area contributed by atoms with Crippen LogP contribution >= 0.6 is 0 Å². The zero-order valence-electron chi connectivity index (χ0n) is 11.8. The molecule has 7 nitrogen and oxygen atoms in total. The van der Waals surface area contributed by atoms with Crippen LogP contribution in [-0.4, -0.2) is 52.7 Å². The van der Waals surface area contributed by atoms with Crippen molar-refractivity contribution in [3.63, 3.8) is 0 Å². The lowest BCUT2D eigenvalue weighted by molar-refractivity contribution is -0.203. The van der Waals surface area contributed by atoms with Crippen molar-refractivity contribution in [2.45, 2.75) is 32.5 Å². The Balaban J connectivity index is 5.26. The Morgan fingerprint density at radius 2 is 1.76 bits per heavy atom. The molecule has 0 saturated carbocycles. The van der Waals surface area contributed by atoms with Crippen LogP contribution in [0.3, 0.4) is 0 Å². The first kappa shape index (κ1) is 19.0. The number of carbonyl (C=O) groups excluding carboxylic acids is 2. The lowest BCUT2D eigenvalue weighted by Gasteiger charge is -2.32. The molecule has 0 aliphatic heterocycles. The molecule has 0 aliphatic rings. The number of aliphatic carboxylic acids is 1. The van der Waals surface area contributed by atoms with E-state index in [1.54, 1.807) is 13.8 Å². The molecule has 0 spiro atoms. The Kier molecular flexibility index (Phi) is 6.00. The van der Waals surface area contributed by atoms with Crippen LogP contribution in [0.1, 0.15) is 20.8 Å². The third kappa shape index (κ3) is 5.12. The third-order valence-electron chi connectivity index (χ3n) is 2.57. The van der Waals surface area contributed by atoms with Gasteiger partial charge < -0.3 is 21.1 Å². The van der Waals surface area contributed by atoms with Crippen LogP contribution in [0.4, 0.5) is 18.0 Å².